The molecule has 0 fully saturated rings. The van der Waals surface area contributed by atoms with Gasteiger partial charge in [-0.3, -0.25) is 9.48 Å². The van der Waals surface area contributed by atoms with E-state index >= 15 is 0 Å². The lowest BCUT2D eigenvalue weighted by Gasteiger charge is -2.07. The molecular weight excluding hydrogens is 334 g/mol. The van der Waals surface area contributed by atoms with E-state index in [1.165, 1.54) is 5.56 Å². The first-order chi connectivity index (χ1) is 13.2. The van der Waals surface area contributed by atoms with Gasteiger partial charge < -0.3 is 5.32 Å². The fourth-order valence-electron chi connectivity index (χ4n) is 3.16. The highest BCUT2D eigenvalue weighted by Crippen LogP contribution is 2.27. The SMILES string of the molecule is Cc1ccc(CNC(=O)Cn2nc(-c3ccccc3)c3ccccc32)cc1. The lowest BCUT2D eigenvalue weighted by molar-refractivity contribution is -0.121. The van der Waals surface area contributed by atoms with E-state index in [9.17, 15) is 4.79 Å². The highest BCUT2D eigenvalue weighted by molar-refractivity contribution is 5.94. The number of fused-ring (bicyclic) bond motifs is 1. The average molecular weight is 355 g/mol. The second-order valence-electron chi connectivity index (χ2n) is 6.65. The van der Waals surface area contributed by atoms with Crippen molar-refractivity contribution >= 4 is 16.8 Å². The number of carbonyl (C=O) groups is 1. The van der Waals surface area contributed by atoms with E-state index in [-0.39, 0.29) is 12.5 Å². The van der Waals surface area contributed by atoms with Crippen molar-refractivity contribution in [3.8, 4) is 11.3 Å². The average Bonchev–Trinajstić information content (AvgIpc) is 3.07. The molecule has 0 saturated heterocycles. The van der Waals surface area contributed by atoms with Crippen molar-refractivity contribution in [3.05, 3.63) is 90.0 Å². The maximum absolute atomic E-state index is 12.5. The number of carbonyl (C=O) groups excluding carboxylic acids is 1. The highest BCUT2D eigenvalue weighted by atomic mass is 16.2. The molecule has 0 saturated carbocycles. The maximum Gasteiger partial charge on any atom is 0.242 e. The summed E-state index contributed by atoms with van der Waals surface area (Å²) in [6.45, 7) is 2.76. The van der Waals surface area contributed by atoms with Crippen molar-refractivity contribution in [2.45, 2.75) is 20.0 Å². The van der Waals surface area contributed by atoms with Crippen LogP contribution in [-0.2, 0) is 17.9 Å². The van der Waals surface area contributed by atoms with Gasteiger partial charge in [0.2, 0.25) is 5.91 Å². The fraction of sp³-hybridized carbons (Fsp3) is 0.130. The second-order valence-corrected chi connectivity index (χ2v) is 6.65. The Morgan fingerprint density at radius 3 is 2.41 bits per heavy atom. The van der Waals surface area contributed by atoms with E-state index < -0.39 is 0 Å². The second kappa shape index (κ2) is 7.46. The molecule has 1 N–H and O–H groups in total. The molecule has 0 spiro atoms. The normalized spacial score (nSPS) is 10.9. The molecule has 0 aliphatic heterocycles. The van der Waals surface area contributed by atoms with Crippen LogP contribution in [0.3, 0.4) is 0 Å². The lowest BCUT2D eigenvalue weighted by atomic mass is 10.1. The largest absolute Gasteiger partial charge is 0.350 e. The first-order valence-electron chi connectivity index (χ1n) is 9.04. The summed E-state index contributed by atoms with van der Waals surface area (Å²) in [5.74, 6) is -0.0524. The van der Waals surface area contributed by atoms with Gasteiger partial charge in [-0.05, 0) is 18.6 Å². The summed E-state index contributed by atoms with van der Waals surface area (Å²) in [5.41, 5.74) is 5.21. The van der Waals surface area contributed by atoms with Gasteiger partial charge in [0.05, 0.1) is 5.52 Å². The third-order valence-corrected chi connectivity index (χ3v) is 4.61. The lowest BCUT2D eigenvalue weighted by Crippen LogP contribution is -2.27. The van der Waals surface area contributed by atoms with Crippen LogP contribution in [-0.4, -0.2) is 15.7 Å². The monoisotopic (exact) mass is 355 g/mol. The summed E-state index contributed by atoms with van der Waals surface area (Å²) in [5, 5.41) is 8.75. The summed E-state index contributed by atoms with van der Waals surface area (Å²) < 4.78 is 1.78. The first kappa shape index (κ1) is 17.0. The number of nitrogens with one attached hydrogen (secondary N) is 1. The van der Waals surface area contributed by atoms with Gasteiger partial charge in [0.1, 0.15) is 12.2 Å². The zero-order valence-electron chi connectivity index (χ0n) is 15.2. The van der Waals surface area contributed by atoms with E-state index in [2.05, 4.69) is 24.4 Å². The minimum atomic E-state index is -0.0524. The number of aromatic nitrogens is 2. The van der Waals surface area contributed by atoms with Crippen molar-refractivity contribution in [2.24, 2.45) is 0 Å². The summed E-state index contributed by atoms with van der Waals surface area (Å²) in [7, 11) is 0. The van der Waals surface area contributed by atoms with Gasteiger partial charge in [-0.25, -0.2) is 0 Å². The van der Waals surface area contributed by atoms with E-state index in [0.29, 0.717) is 6.54 Å². The molecule has 0 radical (unpaired) electrons. The van der Waals surface area contributed by atoms with Crippen LogP contribution in [0.15, 0.2) is 78.9 Å². The molecule has 4 nitrogen and oxygen atoms in total. The summed E-state index contributed by atoms with van der Waals surface area (Å²) in [6, 6.07) is 26.2. The van der Waals surface area contributed by atoms with Crippen molar-refractivity contribution in [1.29, 1.82) is 0 Å². The third kappa shape index (κ3) is 3.75. The molecule has 27 heavy (non-hydrogen) atoms. The molecule has 1 amide bonds. The molecule has 0 aliphatic carbocycles. The molecule has 134 valence electrons. The Labute approximate surface area is 158 Å². The van der Waals surface area contributed by atoms with Crippen molar-refractivity contribution in [1.82, 2.24) is 15.1 Å². The Morgan fingerprint density at radius 2 is 1.63 bits per heavy atom. The minimum absolute atomic E-state index is 0.0524. The van der Waals surface area contributed by atoms with Crippen molar-refractivity contribution in [3.63, 3.8) is 0 Å². The minimum Gasteiger partial charge on any atom is -0.350 e. The summed E-state index contributed by atoms with van der Waals surface area (Å²) in [4.78, 5) is 12.5. The van der Waals surface area contributed by atoms with E-state index in [0.717, 1.165) is 27.7 Å². The maximum atomic E-state index is 12.5. The van der Waals surface area contributed by atoms with Crippen LogP contribution in [0.4, 0.5) is 0 Å². The van der Waals surface area contributed by atoms with Crippen molar-refractivity contribution in [2.75, 3.05) is 0 Å². The van der Waals surface area contributed by atoms with Crippen LogP contribution in [0.2, 0.25) is 0 Å². The molecule has 4 heteroatoms. The third-order valence-electron chi connectivity index (χ3n) is 4.61. The number of nitrogens with zero attached hydrogens (tertiary/aromatic N) is 2. The molecular formula is C23H21N3O. The van der Waals surface area contributed by atoms with Gasteiger partial charge in [-0.2, -0.15) is 5.10 Å². The quantitative estimate of drug-likeness (QED) is 0.579. The number of para-hydroxylation sites is 1. The Bertz CT molecular complexity index is 1070. The predicted molar refractivity (Wildman–Crippen MR) is 108 cm³/mol. The molecule has 1 aromatic heterocycles. The number of aryl methyl sites for hydroxylation is 1. The van der Waals surface area contributed by atoms with Gasteiger partial charge >= 0.3 is 0 Å². The number of amides is 1. The topological polar surface area (TPSA) is 46.9 Å². The number of benzene rings is 3. The number of rotatable bonds is 5. The van der Waals surface area contributed by atoms with Crippen LogP contribution in [0.25, 0.3) is 22.2 Å². The Kier molecular flexibility index (Phi) is 4.71. The van der Waals surface area contributed by atoms with Gasteiger partial charge in [0.25, 0.3) is 0 Å². The van der Waals surface area contributed by atoms with Gasteiger partial charge in [-0.1, -0.05) is 78.4 Å². The Hall–Kier alpha value is -3.40. The fourth-order valence-corrected chi connectivity index (χ4v) is 3.16. The molecule has 0 bridgehead atoms. The van der Waals surface area contributed by atoms with Gasteiger partial charge in [0.15, 0.2) is 0 Å². The van der Waals surface area contributed by atoms with Gasteiger partial charge in [0, 0.05) is 17.5 Å². The molecule has 0 unspecified atom stereocenters. The zero-order chi connectivity index (χ0) is 18.6. The van der Waals surface area contributed by atoms with E-state index in [1.807, 2.05) is 66.7 Å². The molecule has 4 aromatic rings. The van der Waals surface area contributed by atoms with Crippen LogP contribution in [0.5, 0.6) is 0 Å². The Balaban J connectivity index is 1.55. The van der Waals surface area contributed by atoms with E-state index in [4.69, 9.17) is 5.10 Å². The number of hydrogen-bond donors (Lipinski definition) is 1. The van der Waals surface area contributed by atoms with Crippen LogP contribution in [0.1, 0.15) is 11.1 Å². The van der Waals surface area contributed by atoms with Gasteiger partial charge in [-0.15, -0.1) is 0 Å². The number of hydrogen-bond acceptors (Lipinski definition) is 2. The predicted octanol–water partition coefficient (Wildman–Crippen LogP) is 4.33. The zero-order valence-corrected chi connectivity index (χ0v) is 15.2. The molecule has 0 atom stereocenters. The highest BCUT2D eigenvalue weighted by Gasteiger charge is 2.13. The van der Waals surface area contributed by atoms with Crippen LogP contribution in [0, 0.1) is 6.92 Å². The summed E-state index contributed by atoms with van der Waals surface area (Å²) in [6.07, 6.45) is 0. The molecule has 4 rings (SSSR count). The van der Waals surface area contributed by atoms with Crippen molar-refractivity contribution < 1.29 is 4.79 Å². The standard InChI is InChI=1S/C23H21N3O/c1-17-11-13-18(14-12-17)15-24-22(27)16-26-21-10-6-5-9-20(21)23(25-26)19-7-3-2-4-8-19/h2-14H,15-16H2,1H3,(H,24,27). The summed E-state index contributed by atoms with van der Waals surface area (Å²) >= 11 is 0. The first-order valence-corrected chi connectivity index (χ1v) is 9.04. The molecule has 1 heterocycles. The Morgan fingerprint density at radius 1 is 0.926 bits per heavy atom. The van der Waals surface area contributed by atoms with Crippen LogP contribution >= 0.6 is 0 Å². The molecule has 0 aliphatic rings. The molecule has 3 aromatic carbocycles. The van der Waals surface area contributed by atoms with Crippen LogP contribution < -0.4 is 5.32 Å². The van der Waals surface area contributed by atoms with E-state index in [1.54, 1.807) is 4.68 Å². The smallest absolute Gasteiger partial charge is 0.242 e.